The van der Waals surface area contributed by atoms with E-state index in [2.05, 4.69) is 29.5 Å². The van der Waals surface area contributed by atoms with Crippen molar-refractivity contribution in [2.24, 2.45) is 0 Å². The summed E-state index contributed by atoms with van der Waals surface area (Å²) in [5.41, 5.74) is 2.17. The number of benzene rings is 1. The molecule has 2 aromatic rings. The summed E-state index contributed by atoms with van der Waals surface area (Å²) in [7, 11) is 0. The zero-order valence-corrected chi connectivity index (χ0v) is 15.1. The number of amides is 1. The Kier molecular flexibility index (Phi) is 5.50. The maximum atomic E-state index is 12.4. The molecule has 6 nitrogen and oxygen atoms in total. The fourth-order valence-corrected chi connectivity index (χ4v) is 3.19. The highest BCUT2D eigenvalue weighted by molar-refractivity contribution is 5.78. The van der Waals surface area contributed by atoms with Crippen LogP contribution >= 0.6 is 0 Å². The number of ether oxygens (including phenoxy) is 1. The van der Waals surface area contributed by atoms with E-state index >= 15 is 0 Å². The van der Waals surface area contributed by atoms with Crippen molar-refractivity contribution >= 4 is 5.91 Å². The van der Waals surface area contributed by atoms with Crippen LogP contribution in [0.1, 0.15) is 32.4 Å². The van der Waals surface area contributed by atoms with Gasteiger partial charge in [0.15, 0.2) is 0 Å². The number of aromatic nitrogens is 2. The van der Waals surface area contributed by atoms with Crippen LogP contribution in [0.2, 0.25) is 0 Å². The second-order valence-electron chi connectivity index (χ2n) is 6.70. The summed E-state index contributed by atoms with van der Waals surface area (Å²) in [6.45, 7) is 7.75. The largest absolute Gasteiger partial charge is 0.372 e. The third kappa shape index (κ3) is 4.46. The lowest BCUT2D eigenvalue weighted by molar-refractivity contribution is -0.142. The third-order valence-corrected chi connectivity index (χ3v) is 4.49. The molecule has 3 rings (SSSR count). The van der Waals surface area contributed by atoms with Crippen molar-refractivity contribution in [2.45, 2.75) is 39.0 Å². The van der Waals surface area contributed by atoms with Crippen LogP contribution in [0.4, 0.5) is 0 Å². The molecular formula is C19H26N4O2. The van der Waals surface area contributed by atoms with E-state index < -0.39 is 0 Å². The predicted octanol–water partition coefficient (Wildman–Crippen LogP) is 2.16. The standard InChI is InChI=1S/C19H26N4O2/c1-14-12-22(13-15(2)25-14)19(24)11-20-16(3)17-5-7-18(8-6-17)23-10-4-9-21-23/h4-10,14-16,20H,11-13H2,1-3H3/t14-,15-,16-/m1/s1. The van der Waals surface area contributed by atoms with Crippen molar-refractivity contribution in [3.63, 3.8) is 0 Å². The van der Waals surface area contributed by atoms with Crippen LogP contribution in [0.5, 0.6) is 0 Å². The fourth-order valence-electron chi connectivity index (χ4n) is 3.19. The molecule has 1 amide bonds. The minimum absolute atomic E-state index is 0.0972. The van der Waals surface area contributed by atoms with Gasteiger partial charge in [0, 0.05) is 31.5 Å². The monoisotopic (exact) mass is 342 g/mol. The number of carbonyl (C=O) groups excluding carboxylic acids is 1. The summed E-state index contributed by atoms with van der Waals surface area (Å²) in [5, 5.41) is 7.55. The fraction of sp³-hybridized carbons (Fsp3) is 0.474. The van der Waals surface area contributed by atoms with Gasteiger partial charge in [0.05, 0.1) is 24.4 Å². The van der Waals surface area contributed by atoms with E-state index in [9.17, 15) is 4.79 Å². The van der Waals surface area contributed by atoms with Crippen molar-refractivity contribution in [1.82, 2.24) is 20.0 Å². The van der Waals surface area contributed by atoms with Crippen LogP contribution in [-0.4, -0.2) is 52.4 Å². The van der Waals surface area contributed by atoms with Crippen LogP contribution in [-0.2, 0) is 9.53 Å². The van der Waals surface area contributed by atoms with Crippen molar-refractivity contribution in [1.29, 1.82) is 0 Å². The number of hydrogen-bond acceptors (Lipinski definition) is 4. The first-order chi connectivity index (χ1) is 12.0. The summed E-state index contributed by atoms with van der Waals surface area (Å²) < 4.78 is 7.51. The summed E-state index contributed by atoms with van der Waals surface area (Å²) >= 11 is 0. The highest BCUT2D eigenvalue weighted by Crippen LogP contribution is 2.16. The minimum Gasteiger partial charge on any atom is -0.372 e. The second kappa shape index (κ2) is 7.80. The molecular weight excluding hydrogens is 316 g/mol. The third-order valence-electron chi connectivity index (χ3n) is 4.49. The van der Waals surface area contributed by atoms with Crippen molar-refractivity contribution in [3.05, 3.63) is 48.3 Å². The molecule has 0 unspecified atom stereocenters. The number of morpholine rings is 1. The Bertz CT molecular complexity index is 674. The molecule has 1 aromatic heterocycles. The Hall–Kier alpha value is -2.18. The molecule has 1 N–H and O–H groups in total. The summed E-state index contributed by atoms with van der Waals surface area (Å²) in [4.78, 5) is 14.3. The van der Waals surface area contributed by atoms with Crippen LogP contribution in [0.25, 0.3) is 5.69 Å². The lowest BCUT2D eigenvalue weighted by Gasteiger charge is -2.35. The van der Waals surface area contributed by atoms with E-state index in [1.54, 1.807) is 6.20 Å². The van der Waals surface area contributed by atoms with Gasteiger partial charge in [-0.2, -0.15) is 5.10 Å². The van der Waals surface area contributed by atoms with E-state index in [0.29, 0.717) is 19.6 Å². The average molecular weight is 342 g/mol. The highest BCUT2D eigenvalue weighted by Gasteiger charge is 2.25. The molecule has 1 saturated heterocycles. The normalized spacial score (nSPS) is 22.0. The SMILES string of the molecule is C[C@@H]1CN(C(=O)CN[C@H](C)c2ccc(-n3cccn3)cc2)C[C@@H](C)O1. The first kappa shape index (κ1) is 17.6. The van der Waals surface area contributed by atoms with Crippen molar-refractivity contribution < 1.29 is 9.53 Å². The van der Waals surface area contributed by atoms with Gasteiger partial charge in [-0.05, 0) is 44.5 Å². The zero-order chi connectivity index (χ0) is 17.8. The van der Waals surface area contributed by atoms with Crippen molar-refractivity contribution in [2.75, 3.05) is 19.6 Å². The first-order valence-corrected chi connectivity index (χ1v) is 8.79. The van der Waals surface area contributed by atoms with Gasteiger partial charge in [0.2, 0.25) is 5.91 Å². The topological polar surface area (TPSA) is 59.4 Å². The zero-order valence-electron chi connectivity index (χ0n) is 15.1. The van der Waals surface area contributed by atoms with Gasteiger partial charge in [-0.15, -0.1) is 0 Å². The van der Waals surface area contributed by atoms with Crippen LogP contribution < -0.4 is 5.32 Å². The van der Waals surface area contributed by atoms with Gasteiger partial charge in [-0.25, -0.2) is 4.68 Å². The van der Waals surface area contributed by atoms with Gasteiger partial charge < -0.3 is 15.0 Å². The van der Waals surface area contributed by atoms with Gasteiger partial charge >= 0.3 is 0 Å². The van der Waals surface area contributed by atoms with Gasteiger partial charge in [0.1, 0.15) is 0 Å². The van der Waals surface area contributed by atoms with E-state index in [0.717, 1.165) is 11.3 Å². The van der Waals surface area contributed by atoms with E-state index in [1.807, 2.05) is 47.8 Å². The Morgan fingerprint density at radius 1 is 1.28 bits per heavy atom. The minimum atomic E-state index is 0.0972. The maximum Gasteiger partial charge on any atom is 0.236 e. The van der Waals surface area contributed by atoms with Crippen LogP contribution in [0.15, 0.2) is 42.7 Å². The predicted molar refractivity (Wildman–Crippen MR) is 96.6 cm³/mol. The Labute approximate surface area is 148 Å². The molecule has 0 radical (unpaired) electrons. The quantitative estimate of drug-likeness (QED) is 0.905. The Morgan fingerprint density at radius 3 is 2.56 bits per heavy atom. The van der Waals surface area contributed by atoms with Gasteiger partial charge in [-0.3, -0.25) is 4.79 Å². The number of carbonyl (C=O) groups is 1. The molecule has 1 aromatic carbocycles. The number of hydrogen-bond donors (Lipinski definition) is 1. The van der Waals surface area contributed by atoms with Crippen LogP contribution in [0, 0.1) is 0 Å². The number of nitrogens with zero attached hydrogens (tertiary/aromatic N) is 3. The lowest BCUT2D eigenvalue weighted by Crippen LogP contribution is -2.50. The summed E-state index contributed by atoms with van der Waals surface area (Å²) in [6.07, 6.45) is 3.87. The number of rotatable bonds is 5. The molecule has 2 heterocycles. The smallest absolute Gasteiger partial charge is 0.236 e. The molecule has 0 spiro atoms. The molecule has 0 aliphatic carbocycles. The second-order valence-corrected chi connectivity index (χ2v) is 6.70. The highest BCUT2D eigenvalue weighted by atomic mass is 16.5. The Morgan fingerprint density at radius 2 is 1.96 bits per heavy atom. The van der Waals surface area contributed by atoms with E-state index in [-0.39, 0.29) is 24.2 Å². The van der Waals surface area contributed by atoms with E-state index in [4.69, 9.17) is 4.74 Å². The molecule has 134 valence electrons. The molecule has 0 bridgehead atoms. The lowest BCUT2D eigenvalue weighted by atomic mass is 10.1. The maximum absolute atomic E-state index is 12.4. The molecule has 25 heavy (non-hydrogen) atoms. The molecule has 0 saturated carbocycles. The van der Waals surface area contributed by atoms with E-state index in [1.165, 1.54) is 0 Å². The molecule has 1 aliphatic heterocycles. The molecule has 6 heteroatoms. The van der Waals surface area contributed by atoms with Gasteiger partial charge in [-0.1, -0.05) is 12.1 Å². The Balaban J connectivity index is 1.53. The average Bonchev–Trinajstić information content (AvgIpc) is 3.13. The summed E-state index contributed by atoms with van der Waals surface area (Å²) in [5.74, 6) is 0.127. The number of nitrogens with one attached hydrogen (secondary N) is 1. The molecule has 3 atom stereocenters. The first-order valence-electron chi connectivity index (χ1n) is 8.79. The molecule has 1 fully saturated rings. The van der Waals surface area contributed by atoms with Crippen LogP contribution in [0.3, 0.4) is 0 Å². The molecule has 1 aliphatic rings. The van der Waals surface area contributed by atoms with Gasteiger partial charge in [0.25, 0.3) is 0 Å². The summed E-state index contributed by atoms with van der Waals surface area (Å²) in [6, 6.07) is 10.2. The van der Waals surface area contributed by atoms with Crippen molar-refractivity contribution in [3.8, 4) is 5.69 Å².